The molecule has 2 aromatic rings. The maximum absolute atomic E-state index is 12.8. The third kappa shape index (κ3) is 6.33. The van der Waals surface area contributed by atoms with Crippen LogP contribution in [0, 0.1) is 11.3 Å². The van der Waals surface area contributed by atoms with Crippen molar-refractivity contribution in [3.8, 4) is 11.8 Å². The van der Waals surface area contributed by atoms with Crippen molar-refractivity contribution < 1.29 is 9.53 Å². The average Bonchev–Trinajstić information content (AvgIpc) is 3.00. The minimum Gasteiger partial charge on any atom is -0.481 e. The first-order valence-corrected chi connectivity index (χ1v) is 10.4. The highest BCUT2D eigenvalue weighted by Crippen LogP contribution is 2.16. The number of hydrogen-bond acceptors (Lipinski definition) is 4. The van der Waals surface area contributed by atoms with Crippen LogP contribution in [0.4, 0.5) is 0 Å². The number of aryl methyl sites for hydroxylation is 1. The summed E-state index contributed by atoms with van der Waals surface area (Å²) in [5, 5.41) is 9.01. The van der Waals surface area contributed by atoms with Gasteiger partial charge in [0.2, 0.25) is 0 Å². The Balaban J connectivity index is 1.45. The molecule has 152 valence electrons. The van der Waals surface area contributed by atoms with Gasteiger partial charge in [-0.25, -0.2) is 0 Å². The topological polar surface area (TPSA) is 56.6 Å². The standard InChI is InChI=1S/C24H29N3O2/c1-20(29-23-12-5-10-22(18-23)19-25)24(28)27-15-7-14-26(16-17-27)13-6-11-21-8-3-2-4-9-21/h2-5,8-10,12,18,20H,6-7,11,13-17H2,1H3. The van der Waals surface area contributed by atoms with Crippen molar-refractivity contribution in [3.63, 3.8) is 0 Å². The summed E-state index contributed by atoms with van der Waals surface area (Å²) in [6.07, 6.45) is 2.64. The Labute approximate surface area is 173 Å². The second-order valence-corrected chi connectivity index (χ2v) is 7.51. The van der Waals surface area contributed by atoms with Gasteiger partial charge in [-0.15, -0.1) is 0 Å². The summed E-state index contributed by atoms with van der Waals surface area (Å²) >= 11 is 0. The maximum Gasteiger partial charge on any atom is 0.263 e. The molecule has 1 aliphatic rings. The van der Waals surface area contributed by atoms with E-state index in [2.05, 4.69) is 41.3 Å². The number of nitrogens with zero attached hydrogens (tertiary/aromatic N) is 3. The van der Waals surface area contributed by atoms with Crippen LogP contribution in [0.5, 0.6) is 5.75 Å². The summed E-state index contributed by atoms with van der Waals surface area (Å²) in [5.41, 5.74) is 1.91. The number of hydrogen-bond donors (Lipinski definition) is 0. The molecule has 1 unspecified atom stereocenters. The van der Waals surface area contributed by atoms with E-state index in [0.29, 0.717) is 11.3 Å². The fourth-order valence-corrected chi connectivity index (χ4v) is 3.72. The summed E-state index contributed by atoms with van der Waals surface area (Å²) < 4.78 is 5.80. The van der Waals surface area contributed by atoms with Gasteiger partial charge in [0.25, 0.3) is 5.91 Å². The Morgan fingerprint density at radius 3 is 2.72 bits per heavy atom. The van der Waals surface area contributed by atoms with Gasteiger partial charge in [0, 0.05) is 19.6 Å². The van der Waals surface area contributed by atoms with Crippen LogP contribution in [0.3, 0.4) is 0 Å². The second-order valence-electron chi connectivity index (χ2n) is 7.51. The molecular formula is C24H29N3O2. The van der Waals surface area contributed by atoms with Crippen LogP contribution >= 0.6 is 0 Å². The molecule has 1 heterocycles. The molecule has 29 heavy (non-hydrogen) atoms. The zero-order chi connectivity index (χ0) is 20.5. The van der Waals surface area contributed by atoms with Crippen molar-refractivity contribution in [2.45, 2.75) is 32.3 Å². The first-order valence-electron chi connectivity index (χ1n) is 10.4. The van der Waals surface area contributed by atoms with E-state index in [0.717, 1.165) is 52.0 Å². The van der Waals surface area contributed by atoms with Crippen LogP contribution in [0.25, 0.3) is 0 Å². The molecule has 5 nitrogen and oxygen atoms in total. The lowest BCUT2D eigenvalue weighted by Gasteiger charge is -2.25. The van der Waals surface area contributed by atoms with E-state index in [9.17, 15) is 4.79 Å². The second kappa shape index (κ2) is 10.6. The molecule has 0 aliphatic carbocycles. The van der Waals surface area contributed by atoms with Crippen molar-refractivity contribution >= 4 is 5.91 Å². The van der Waals surface area contributed by atoms with Gasteiger partial charge >= 0.3 is 0 Å². The fraction of sp³-hybridized carbons (Fsp3) is 0.417. The largest absolute Gasteiger partial charge is 0.481 e. The van der Waals surface area contributed by atoms with E-state index in [-0.39, 0.29) is 5.91 Å². The molecule has 3 rings (SSSR count). The highest BCUT2D eigenvalue weighted by Gasteiger charge is 2.24. The molecule has 1 aliphatic heterocycles. The first-order chi connectivity index (χ1) is 14.2. The molecular weight excluding hydrogens is 362 g/mol. The van der Waals surface area contributed by atoms with E-state index in [4.69, 9.17) is 10.00 Å². The summed E-state index contributed by atoms with van der Waals surface area (Å²) in [5.74, 6) is 0.570. The molecule has 1 atom stereocenters. The van der Waals surface area contributed by atoms with E-state index in [1.54, 1.807) is 31.2 Å². The Morgan fingerprint density at radius 2 is 1.93 bits per heavy atom. The summed E-state index contributed by atoms with van der Waals surface area (Å²) in [6, 6.07) is 19.6. The van der Waals surface area contributed by atoms with Crippen molar-refractivity contribution in [2.24, 2.45) is 0 Å². The fourth-order valence-electron chi connectivity index (χ4n) is 3.72. The lowest BCUT2D eigenvalue weighted by Crippen LogP contribution is -2.42. The third-order valence-corrected chi connectivity index (χ3v) is 5.31. The highest BCUT2D eigenvalue weighted by atomic mass is 16.5. The zero-order valence-electron chi connectivity index (χ0n) is 17.1. The quantitative estimate of drug-likeness (QED) is 0.725. The molecule has 2 aromatic carbocycles. The average molecular weight is 392 g/mol. The number of nitriles is 1. The van der Waals surface area contributed by atoms with Gasteiger partial charge in [-0.1, -0.05) is 36.4 Å². The summed E-state index contributed by atoms with van der Waals surface area (Å²) in [6.45, 7) is 6.26. The van der Waals surface area contributed by atoms with Gasteiger partial charge in [-0.05, 0) is 63.0 Å². The molecule has 0 aromatic heterocycles. The Hall–Kier alpha value is -2.84. The minimum absolute atomic E-state index is 0.0125. The van der Waals surface area contributed by atoms with E-state index in [1.807, 2.05) is 4.90 Å². The molecule has 0 spiro atoms. The number of ether oxygens (including phenoxy) is 1. The number of benzene rings is 2. The van der Waals surface area contributed by atoms with Gasteiger partial charge < -0.3 is 14.5 Å². The van der Waals surface area contributed by atoms with E-state index >= 15 is 0 Å². The Kier molecular flexibility index (Phi) is 7.66. The normalized spacial score (nSPS) is 15.9. The van der Waals surface area contributed by atoms with Crippen LogP contribution in [-0.4, -0.2) is 54.5 Å². The number of rotatable bonds is 7. The molecule has 0 N–H and O–H groups in total. The van der Waals surface area contributed by atoms with Crippen LogP contribution in [0.1, 0.15) is 30.9 Å². The van der Waals surface area contributed by atoms with Crippen LogP contribution in [0.2, 0.25) is 0 Å². The van der Waals surface area contributed by atoms with Crippen molar-refractivity contribution in [1.29, 1.82) is 5.26 Å². The van der Waals surface area contributed by atoms with Crippen LogP contribution < -0.4 is 4.74 Å². The monoisotopic (exact) mass is 391 g/mol. The number of amides is 1. The lowest BCUT2D eigenvalue weighted by molar-refractivity contribution is -0.137. The molecule has 1 fully saturated rings. The number of carbonyl (C=O) groups excluding carboxylic acids is 1. The molecule has 5 heteroatoms. The Morgan fingerprint density at radius 1 is 1.10 bits per heavy atom. The van der Waals surface area contributed by atoms with Crippen LogP contribution in [0.15, 0.2) is 54.6 Å². The third-order valence-electron chi connectivity index (χ3n) is 5.31. The molecule has 0 saturated carbocycles. The van der Waals surface area contributed by atoms with Crippen molar-refractivity contribution in [2.75, 3.05) is 32.7 Å². The lowest BCUT2D eigenvalue weighted by atomic mass is 10.1. The molecule has 1 amide bonds. The number of carbonyl (C=O) groups is 1. The van der Waals surface area contributed by atoms with Gasteiger partial charge in [-0.2, -0.15) is 5.26 Å². The maximum atomic E-state index is 12.8. The van der Waals surface area contributed by atoms with Gasteiger partial charge in [0.05, 0.1) is 11.6 Å². The van der Waals surface area contributed by atoms with Crippen molar-refractivity contribution in [1.82, 2.24) is 9.80 Å². The first kappa shape index (κ1) is 20.9. The predicted molar refractivity (Wildman–Crippen MR) is 114 cm³/mol. The van der Waals surface area contributed by atoms with E-state index in [1.165, 1.54) is 5.56 Å². The van der Waals surface area contributed by atoms with Crippen LogP contribution in [-0.2, 0) is 11.2 Å². The summed E-state index contributed by atoms with van der Waals surface area (Å²) in [7, 11) is 0. The zero-order valence-corrected chi connectivity index (χ0v) is 17.1. The molecule has 0 bridgehead atoms. The summed E-state index contributed by atoms with van der Waals surface area (Å²) in [4.78, 5) is 17.2. The smallest absolute Gasteiger partial charge is 0.263 e. The predicted octanol–water partition coefficient (Wildman–Crippen LogP) is 3.49. The van der Waals surface area contributed by atoms with E-state index < -0.39 is 6.10 Å². The molecule has 0 radical (unpaired) electrons. The highest BCUT2D eigenvalue weighted by molar-refractivity contribution is 5.81. The minimum atomic E-state index is -0.562. The van der Waals surface area contributed by atoms with Gasteiger partial charge in [-0.3, -0.25) is 4.79 Å². The molecule has 1 saturated heterocycles. The van der Waals surface area contributed by atoms with Crippen molar-refractivity contribution in [3.05, 3.63) is 65.7 Å². The Bertz CT molecular complexity index is 832. The van der Waals surface area contributed by atoms with Gasteiger partial charge in [0.15, 0.2) is 6.10 Å². The SMILES string of the molecule is CC(Oc1cccc(C#N)c1)C(=O)N1CCCN(CCCc2ccccc2)CC1. The van der Waals surface area contributed by atoms with Gasteiger partial charge in [0.1, 0.15) is 5.75 Å².